The van der Waals surface area contributed by atoms with E-state index in [9.17, 15) is 4.79 Å². The van der Waals surface area contributed by atoms with Crippen molar-refractivity contribution in [2.45, 2.75) is 0 Å². The molecule has 1 aliphatic heterocycles. The molecule has 0 aromatic heterocycles. The maximum Gasteiger partial charge on any atom is 0.328 e. The molecule has 11 heavy (non-hydrogen) atoms. The number of hydrazine groups is 1. The average molecular weight is 180 g/mol. The molecule has 1 amide bonds. The van der Waals surface area contributed by atoms with E-state index in [0.29, 0.717) is 26.2 Å². The third kappa shape index (κ3) is 3.02. The molecule has 0 atom stereocenters. The molecule has 0 aromatic rings. The van der Waals surface area contributed by atoms with Gasteiger partial charge in [-0.05, 0) is 11.6 Å². The summed E-state index contributed by atoms with van der Waals surface area (Å²) in [4.78, 5) is 10.3. The van der Waals surface area contributed by atoms with Gasteiger partial charge in [-0.1, -0.05) is 0 Å². The Kier molecular flexibility index (Phi) is 3.07. The summed E-state index contributed by atoms with van der Waals surface area (Å²) in [6, 6.07) is 0. The van der Waals surface area contributed by atoms with Crippen molar-refractivity contribution in [2.75, 3.05) is 26.2 Å². The van der Waals surface area contributed by atoms with Gasteiger partial charge in [-0.2, -0.15) is 5.06 Å². The van der Waals surface area contributed by atoms with Gasteiger partial charge in [-0.3, -0.25) is 10.2 Å². The van der Waals surface area contributed by atoms with Crippen molar-refractivity contribution in [1.29, 1.82) is 0 Å². The molecule has 0 unspecified atom stereocenters. The highest BCUT2D eigenvalue weighted by molar-refractivity contribution is 6.62. The Hall–Kier alpha value is -0.360. The number of hydroxylamine groups is 2. The van der Waals surface area contributed by atoms with Crippen LogP contribution in [0.25, 0.3) is 0 Å². The second kappa shape index (κ2) is 3.87. The molecule has 64 valence electrons. The van der Waals surface area contributed by atoms with E-state index in [1.54, 1.807) is 5.01 Å². The van der Waals surface area contributed by atoms with Crippen LogP contribution in [0.2, 0.25) is 0 Å². The lowest BCUT2D eigenvalue weighted by molar-refractivity contribution is -0.121. The Morgan fingerprint density at radius 3 is 2.36 bits per heavy atom. The van der Waals surface area contributed by atoms with E-state index in [2.05, 4.69) is 5.43 Å². The van der Waals surface area contributed by atoms with Crippen LogP contribution in [0.4, 0.5) is 4.79 Å². The number of nitrogens with zero attached hydrogens (tertiary/aromatic N) is 2. The largest absolute Gasteiger partial charge is 0.328 e. The molecule has 0 aromatic carbocycles. The average Bonchev–Trinajstić information content (AvgIpc) is 1.93. The van der Waals surface area contributed by atoms with Crippen molar-refractivity contribution in [3.63, 3.8) is 0 Å². The molecule has 0 bridgehead atoms. The fourth-order valence-electron chi connectivity index (χ4n) is 0.932. The number of hydrogen-bond donors (Lipinski definition) is 2. The maximum atomic E-state index is 10.3. The molecule has 0 spiro atoms. The first-order chi connectivity index (χ1) is 5.18. The molecule has 5 nitrogen and oxygen atoms in total. The zero-order valence-electron chi connectivity index (χ0n) is 5.96. The van der Waals surface area contributed by atoms with Crippen LogP contribution in [0.5, 0.6) is 0 Å². The summed E-state index contributed by atoms with van der Waals surface area (Å²) in [5.41, 5.74) is 2.42. The van der Waals surface area contributed by atoms with Gasteiger partial charge in [-0.25, -0.2) is 5.01 Å². The highest BCUT2D eigenvalue weighted by atomic mass is 35.5. The minimum atomic E-state index is -0.587. The van der Waals surface area contributed by atoms with Crippen LogP contribution in [-0.2, 0) is 0 Å². The number of nitrogens with one attached hydrogen (secondary N) is 1. The van der Waals surface area contributed by atoms with Gasteiger partial charge in [0.2, 0.25) is 0 Å². The van der Waals surface area contributed by atoms with Crippen molar-refractivity contribution in [1.82, 2.24) is 15.5 Å². The topological polar surface area (TPSA) is 55.8 Å². The number of halogens is 1. The highest BCUT2D eigenvalue weighted by Crippen LogP contribution is 1.95. The fourth-order valence-corrected chi connectivity index (χ4v) is 1.05. The van der Waals surface area contributed by atoms with E-state index in [4.69, 9.17) is 16.8 Å². The zero-order chi connectivity index (χ0) is 8.27. The molecule has 0 aliphatic carbocycles. The van der Waals surface area contributed by atoms with Crippen molar-refractivity contribution < 1.29 is 10.0 Å². The number of rotatable bonds is 1. The Morgan fingerprint density at radius 2 is 1.91 bits per heavy atom. The van der Waals surface area contributed by atoms with Crippen molar-refractivity contribution in [3.8, 4) is 0 Å². The van der Waals surface area contributed by atoms with E-state index in [-0.39, 0.29) is 0 Å². The van der Waals surface area contributed by atoms with Gasteiger partial charge >= 0.3 is 5.37 Å². The minimum absolute atomic E-state index is 0.525. The van der Waals surface area contributed by atoms with Crippen LogP contribution in [0.15, 0.2) is 0 Å². The van der Waals surface area contributed by atoms with E-state index in [1.807, 2.05) is 0 Å². The molecule has 6 heteroatoms. The molecule has 1 heterocycles. The second-order valence-corrected chi connectivity index (χ2v) is 2.67. The molecule has 1 aliphatic rings. The normalized spacial score (nSPS) is 21.6. The second-order valence-electron chi connectivity index (χ2n) is 2.33. The van der Waals surface area contributed by atoms with Gasteiger partial charge in [0.05, 0.1) is 0 Å². The summed E-state index contributed by atoms with van der Waals surface area (Å²) in [6.45, 7) is 2.23. The molecule has 0 radical (unpaired) electrons. The number of hydrogen-bond acceptors (Lipinski definition) is 4. The van der Waals surface area contributed by atoms with E-state index < -0.39 is 5.37 Å². The van der Waals surface area contributed by atoms with Gasteiger partial charge in [0.1, 0.15) is 0 Å². The van der Waals surface area contributed by atoms with E-state index in [1.165, 1.54) is 5.06 Å². The molecule has 1 rings (SSSR count). The lowest BCUT2D eigenvalue weighted by Gasteiger charge is -2.30. The number of piperazine rings is 1. The summed E-state index contributed by atoms with van der Waals surface area (Å²) < 4.78 is 0. The van der Waals surface area contributed by atoms with Crippen LogP contribution in [0, 0.1) is 0 Å². The quantitative estimate of drug-likeness (QED) is 0.435. The zero-order valence-corrected chi connectivity index (χ0v) is 6.71. The van der Waals surface area contributed by atoms with Crippen molar-refractivity contribution >= 4 is 17.0 Å². The first kappa shape index (κ1) is 8.73. The summed E-state index contributed by atoms with van der Waals surface area (Å²) in [7, 11) is 0. The Morgan fingerprint density at radius 1 is 1.36 bits per heavy atom. The summed E-state index contributed by atoms with van der Waals surface area (Å²) in [5, 5.41) is 11.2. The minimum Gasteiger partial charge on any atom is -0.314 e. The van der Waals surface area contributed by atoms with Gasteiger partial charge in [0, 0.05) is 26.2 Å². The number of carbonyl (C=O) groups excluding carboxylic acids is 1. The lowest BCUT2D eigenvalue weighted by atomic mass is 10.4. The van der Waals surface area contributed by atoms with E-state index in [0.717, 1.165) is 0 Å². The lowest BCUT2D eigenvalue weighted by Crippen LogP contribution is -2.51. The molecular formula is C5H10ClN3O2. The third-order valence-corrected chi connectivity index (χ3v) is 1.59. The maximum absolute atomic E-state index is 10.3. The van der Waals surface area contributed by atoms with Crippen LogP contribution >= 0.6 is 11.6 Å². The fraction of sp³-hybridized carbons (Fsp3) is 0.800. The van der Waals surface area contributed by atoms with Crippen LogP contribution in [0.3, 0.4) is 0 Å². The summed E-state index contributed by atoms with van der Waals surface area (Å²) >= 11 is 5.08. The van der Waals surface area contributed by atoms with E-state index >= 15 is 0 Å². The molecule has 0 saturated carbocycles. The molecule has 2 N–H and O–H groups in total. The molecular weight excluding hydrogens is 170 g/mol. The molecule has 1 saturated heterocycles. The van der Waals surface area contributed by atoms with Crippen molar-refractivity contribution in [3.05, 3.63) is 0 Å². The first-order valence-corrected chi connectivity index (χ1v) is 3.71. The van der Waals surface area contributed by atoms with Crippen LogP contribution < -0.4 is 5.43 Å². The Labute approximate surface area is 69.4 Å². The van der Waals surface area contributed by atoms with Gasteiger partial charge in [-0.15, -0.1) is 0 Å². The summed E-state index contributed by atoms with van der Waals surface area (Å²) in [6.07, 6.45) is 0. The highest BCUT2D eigenvalue weighted by Gasteiger charge is 2.15. The summed E-state index contributed by atoms with van der Waals surface area (Å²) in [5.74, 6) is 0. The molecule has 1 fully saturated rings. The van der Waals surface area contributed by atoms with Crippen LogP contribution in [0.1, 0.15) is 0 Å². The predicted octanol–water partition coefficient (Wildman–Crippen LogP) is -0.143. The van der Waals surface area contributed by atoms with Gasteiger partial charge in [0.15, 0.2) is 0 Å². The number of amides is 1. The Balaban J connectivity index is 2.22. The van der Waals surface area contributed by atoms with Gasteiger partial charge in [0.25, 0.3) is 0 Å². The van der Waals surface area contributed by atoms with Crippen LogP contribution in [-0.4, -0.2) is 46.8 Å². The van der Waals surface area contributed by atoms with Gasteiger partial charge < -0.3 is 5.21 Å². The SMILES string of the molecule is O=C(Cl)NN1CCN(O)CC1. The smallest absolute Gasteiger partial charge is 0.314 e. The third-order valence-electron chi connectivity index (χ3n) is 1.50. The first-order valence-electron chi connectivity index (χ1n) is 3.33. The van der Waals surface area contributed by atoms with Crippen molar-refractivity contribution in [2.24, 2.45) is 0 Å². The monoisotopic (exact) mass is 179 g/mol. The number of carbonyl (C=O) groups is 1. The Bertz CT molecular complexity index is 147. The predicted molar refractivity (Wildman–Crippen MR) is 39.3 cm³/mol. The standard InChI is InChI=1S/C5H10ClN3O2/c6-5(10)7-8-1-3-9(11)4-2-8/h11H,1-4H2,(H,7,10).